The Bertz CT molecular complexity index is 644. The number of hydrogen-bond donors (Lipinski definition) is 0. The average Bonchev–Trinajstić information content (AvgIpc) is 2.52. The fraction of sp³-hybridized carbons (Fsp3) is 0.222. The van der Waals surface area contributed by atoms with Crippen LogP contribution in [0.4, 0.5) is 5.69 Å². The molecular formula is C18H18N2O. The van der Waals surface area contributed by atoms with Crippen molar-refractivity contribution in [3.63, 3.8) is 0 Å². The molecule has 0 aliphatic heterocycles. The number of benzene rings is 2. The Hall–Kier alpha value is -2.60. The van der Waals surface area contributed by atoms with Gasteiger partial charge in [0, 0.05) is 24.3 Å². The van der Waals surface area contributed by atoms with E-state index < -0.39 is 0 Å². The topological polar surface area (TPSA) is 44.1 Å². The number of aryl methyl sites for hydroxylation is 1. The van der Waals surface area contributed by atoms with Gasteiger partial charge in [-0.3, -0.25) is 4.79 Å². The minimum Gasteiger partial charge on any atom is -0.366 e. The van der Waals surface area contributed by atoms with Crippen LogP contribution < -0.4 is 4.90 Å². The third-order valence-corrected chi connectivity index (χ3v) is 3.46. The lowest BCUT2D eigenvalue weighted by molar-refractivity contribution is 0.112. The molecule has 0 heterocycles. The molecule has 3 nitrogen and oxygen atoms in total. The monoisotopic (exact) mass is 278 g/mol. The van der Waals surface area contributed by atoms with Crippen LogP contribution in [0.3, 0.4) is 0 Å². The maximum absolute atomic E-state index is 10.9. The average molecular weight is 278 g/mol. The maximum Gasteiger partial charge on any atom is 0.150 e. The first-order valence-corrected chi connectivity index (χ1v) is 6.96. The normalized spacial score (nSPS) is 9.90. The van der Waals surface area contributed by atoms with Gasteiger partial charge in [0.25, 0.3) is 0 Å². The second-order valence-electron chi connectivity index (χ2n) is 4.97. The van der Waals surface area contributed by atoms with Gasteiger partial charge in [-0.15, -0.1) is 0 Å². The summed E-state index contributed by atoms with van der Waals surface area (Å²) in [5.74, 6) is 0. The summed E-state index contributed by atoms with van der Waals surface area (Å²) in [5.41, 5.74) is 3.90. The molecule has 0 aromatic heterocycles. The summed E-state index contributed by atoms with van der Waals surface area (Å²) in [5, 5.41) is 8.84. The van der Waals surface area contributed by atoms with Crippen LogP contribution in [-0.4, -0.2) is 12.8 Å². The van der Waals surface area contributed by atoms with Crippen molar-refractivity contribution in [1.82, 2.24) is 0 Å². The number of aldehydes is 1. The molecule has 0 atom stereocenters. The summed E-state index contributed by atoms with van der Waals surface area (Å²) in [6, 6.07) is 18.1. The van der Waals surface area contributed by atoms with Gasteiger partial charge in [-0.2, -0.15) is 5.26 Å². The largest absolute Gasteiger partial charge is 0.366 e. The molecule has 21 heavy (non-hydrogen) atoms. The molecule has 2 aromatic rings. The predicted octanol–water partition coefficient (Wildman–Crippen LogP) is 3.73. The smallest absolute Gasteiger partial charge is 0.150 e. The van der Waals surface area contributed by atoms with Crippen LogP contribution in [0.2, 0.25) is 0 Å². The highest BCUT2D eigenvalue weighted by Gasteiger charge is 2.09. The summed E-state index contributed by atoms with van der Waals surface area (Å²) in [6.07, 6.45) is 1.34. The molecule has 0 unspecified atom stereocenters. The molecule has 2 rings (SSSR count). The van der Waals surface area contributed by atoms with E-state index in [1.807, 2.05) is 43.3 Å². The van der Waals surface area contributed by atoms with Crippen molar-refractivity contribution in [2.75, 3.05) is 11.4 Å². The Balaban J connectivity index is 2.25. The third kappa shape index (κ3) is 3.93. The van der Waals surface area contributed by atoms with Crippen molar-refractivity contribution >= 4 is 12.0 Å². The first kappa shape index (κ1) is 14.8. The molecule has 0 radical (unpaired) electrons. The van der Waals surface area contributed by atoms with Gasteiger partial charge in [-0.1, -0.05) is 30.3 Å². The molecule has 0 fully saturated rings. The highest BCUT2D eigenvalue weighted by Crippen LogP contribution is 2.21. The Labute approximate surface area is 125 Å². The minimum absolute atomic E-state index is 0.474. The van der Waals surface area contributed by atoms with Crippen LogP contribution in [0.5, 0.6) is 0 Å². The third-order valence-electron chi connectivity index (χ3n) is 3.46. The first-order chi connectivity index (χ1) is 10.2. The van der Waals surface area contributed by atoms with Crippen molar-refractivity contribution in [3.05, 3.63) is 65.2 Å². The summed E-state index contributed by atoms with van der Waals surface area (Å²) in [7, 11) is 0. The second-order valence-corrected chi connectivity index (χ2v) is 4.97. The lowest BCUT2D eigenvalue weighted by Gasteiger charge is -2.24. The van der Waals surface area contributed by atoms with Crippen LogP contribution >= 0.6 is 0 Å². The van der Waals surface area contributed by atoms with Crippen LogP contribution in [0.25, 0.3) is 0 Å². The van der Waals surface area contributed by atoms with Crippen molar-refractivity contribution in [2.45, 2.75) is 19.9 Å². The molecule has 0 N–H and O–H groups in total. The predicted molar refractivity (Wildman–Crippen MR) is 84.3 cm³/mol. The number of carbonyl (C=O) groups excluding carboxylic acids is 1. The van der Waals surface area contributed by atoms with E-state index in [0.717, 1.165) is 24.1 Å². The van der Waals surface area contributed by atoms with E-state index in [1.165, 1.54) is 5.56 Å². The standard InChI is InChI=1S/C18H18N2O/c1-15-12-18(9-8-17(15)14-21)20(11-5-10-19)13-16-6-3-2-4-7-16/h2-4,6-9,12,14H,5,11,13H2,1H3. The molecule has 0 amide bonds. The van der Waals surface area contributed by atoms with E-state index >= 15 is 0 Å². The number of carbonyl (C=O) groups is 1. The molecule has 0 spiro atoms. The molecule has 0 saturated carbocycles. The second kappa shape index (κ2) is 7.25. The zero-order valence-electron chi connectivity index (χ0n) is 12.1. The molecule has 3 heteroatoms. The lowest BCUT2D eigenvalue weighted by Crippen LogP contribution is -2.23. The summed E-state index contributed by atoms with van der Waals surface area (Å²) in [6.45, 7) is 3.35. The van der Waals surface area contributed by atoms with Crippen molar-refractivity contribution < 1.29 is 4.79 Å². The van der Waals surface area contributed by atoms with Gasteiger partial charge < -0.3 is 4.90 Å². The SMILES string of the molecule is Cc1cc(N(CCC#N)Cc2ccccc2)ccc1C=O. The Kier molecular flexibility index (Phi) is 5.11. The molecule has 106 valence electrons. The van der Waals surface area contributed by atoms with E-state index in [2.05, 4.69) is 23.1 Å². The number of anilines is 1. The number of hydrogen-bond acceptors (Lipinski definition) is 3. The fourth-order valence-electron chi connectivity index (χ4n) is 2.28. The summed E-state index contributed by atoms with van der Waals surface area (Å²) < 4.78 is 0. The highest BCUT2D eigenvalue weighted by molar-refractivity contribution is 5.78. The highest BCUT2D eigenvalue weighted by atomic mass is 16.1. The summed E-state index contributed by atoms with van der Waals surface area (Å²) in [4.78, 5) is 13.1. The fourth-order valence-corrected chi connectivity index (χ4v) is 2.28. The quantitative estimate of drug-likeness (QED) is 0.756. The minimum atomic E-state index is 0.474. The zero-order valence-corrected chi connectivity index (χ0v) is 12.1. The van der Waals surface area contributed by atoms with Gasteiger partial charge in [0.1, 0.15) is 6.29 Å². The van der Waals surface area contributed by atoms with Gasteiger partial charge in [-0.25, -0.2) is 0 Å². The van der Waals surface area contributed by atoms with Crippen molar-refractivity contribution in [3.8, 4) is 6.07 Å². The Morgan fingerprint density at radius 3 is 2.57 bits per heavy atom. The van der Waals surface area contributed by atoms with Crippen molar-refractivity contribution in [2.24, 2.45) is 0 Å². The summed E-state index contributed by atoms with van der Waals surface area (Å²) >= 11 is 0. The van der Waals surface area contributed by atoms with Crippen LogP contribution in [-0.2, 0) is 6.54 Å². The molecule has 0 aliphatic rings. The van der Waals surface area contributed by atoms with E-state index in [0.29, 0.717) is 18.5 Å². The van der Waals surface area contributed by atoms with E-state index in [1.54, 1.807) is 0 Å². The number of nitriles is 1. The zero-order chi connectivity index (χ0) is 15.1. The molecule has 0 aliphatic carbocycles. The van der Waals surface area contributed by atoms with Gasteiger partial charge in [0.15, 0.2) is 0 Å². The lowest BCUT2D eigenvalue weighted by atomic mass is 10.1. The Morgan fingerprint density at radius 1 is 1.19 bits per heavy atom. The van der Waals surface area contributed by atoms with Gasteiger partial charge in [0.05, 0.1) is 12.5 Å². The van der Waals surface area contributed by atoms with Crippen LogP contribution in [0, 0.1) is 18.3 Å². The number of nitrogens with zero attached hydrogens (tertiary/aromatic N) is 2. The van der Waals surface area contributed by atoms with E-state index in [4.69, 9.17) is 5.26 Å². The van der Waals surface area contributed by atoms with Gasteiger partial charge in [0.2, 0.25) is 0 Å². The van der Waals surface area contributed by atoms with Gasteiger partial charge >= 0.3 is 0 Å². The Morgan fingerprint density at radius 2 is 1.95 bits per heavy atom. The van der Waals surface area contributed by atoms with Gasteiger partial charge in [-0.05, 0) is 36.2 Å². The molecule has 2 aromatic carbocycles. The molecule has 0 bridgehead atoms. The number of rotatable bonds is 6. The van der Waals surface area contributed by atoms with Crippen LogP contribution in [0.15, 0.2) is 48.5 Å². The van der Waals surface area contributed by atoms with E-state index in [9.17, 15) is 4.79 Å². The first-order valence-electron chi connectivity index (χ1n) is 6.96. The van der Waals surface area contributed by atoms with E-state index in [-0.39, 0.29) is 0 Å². The van der Waals surface area contributed by atoms with Crippen molar-refractivity contribution in [1.29, 1.82) is 5.26 Å². The molecule has 0 saturated heterocycles. The maximum atomic E-state index is 10.9. The van der Waals surface area contributed by atoms with Crippen LogP contribution in [0.1, 0.15) is 27.9 Å². The molecular weight excluding hydrogens is 260 g/mol.